The van der Waals surface area contributed by atoms with Crippen molar-refractivity contribution in [2.24, 2.45) is 5.73 Å². The molecule has 1 saturated heterocycles. The fourth-order valence-electron chi connectivity index (χ4n) is 5.52. The van der Waals surface area contributed by atoms with Gasteiger partial charge in [0.2, 0.25) is 11.8 Å². The summed E-state index contributed by atoms with van der Waals surface area (Å²) in [6, 6.07) is 12.5. The lowest BCUT2D eigenvalue weighted by Crippen LogP contribution is -2.58. The van der Waals surface area contributed by atoms with Gasteiger partial charge >= 0.3 is 6.03 Å². The molecule has 1 aliphatic rings. The number of halogens is 2. The Balaban J connectivity index is 1.45. The number of aromatic hydroxyl groups is 1. The zero-order chi connectivity index (χ0) is 34.5. The molecule has 14 heteroatoms. The average molecular weight is 790 g/mol. The number of hydrogen-bond donors (Lipinski definition) is 5. The van der Waals surface area contributed by atoms with Crippen LogP contribution in [-0.4, -0.2) is 91.3 Å². The molecule has 0 spiro atoms. The summed E-state index contributed by atoms with van der Waals surface area (Å²) < 4.78 is 6.16. The molecule has 0 bridgehead atoms. The smallest absolute Gasteiger partial charge is 0.315 e. The summed E-state index contributed by atoms with van der Waals surface area (Å²) in [7, 11) is 1.60. The van der Waals surface area contributed by atoms with Crippen LogP contribution in [0.25, 0.3) is 0 Å². The summed E-state index contributed by atoms with van der Waals surface area (Å²) in [5.41, 5.74) is 8.46. The number of nitrogens with two attached hydrogens (primary N) is 1. The third-order valence-electron chi connectivity index (χ3n) is 8.15. The van der Waals surface area contributed by atoms with E-state index in [0.717, 1.165) is 17.0 Å². The fourth-order valence-corrected chi connectivity index (χ4v) is 6.80. The van der Waals surface area contributed by atoms with Crippen molar-refractivity contribution in [3.63, 3.8) is 0 Å². The Labute approximate surface area is 298 Å². The molecule has 0 unspecified atom stereocenters. The van der Waals surface area contributed by atoms with E-state index in [1.807, 2.05) is 36.4 Å². The van der Waals surface area contributed by atoms with E-state index in [0.29, 0.717) is 79.5 Å². The minimum atomic E-state index is -1.02. The van der Waals surface area contributed by atoms with E-state index < -0.39 is 24.0 Å². The minimum Gasteiger partial charge on any atom is -0.506 e. The van der Waals surface area contributed by atoms with Gasteiger partial charge in [-0.05, 0) is 112 Å². The molecule has 0 radical (unpaired) electrons. The number of pyridine rings is 1. The molecule has 258 valence electrons. The lowest BCUT2D eigenvalue weighted by atomic mass is 10.0. The number of phenolic OH excluding ortho intramolecular Hbond substituents is 1. The molecule has 12 nitrogen and oxygen atoms in total. The van der Waals surface area contributed by atoms with E-state index in [2.05, 4.69) is 57.7 Å². The summed E-state index contributed by atoms with van der Waals surface area (Å²) in [5.74, 6) is 0.106. The zero-order valence-electron chi connectivity index (χ0n) is 27.0. The van der Waals surface area contributed by atoms with Crippen LogP contribution < -0.4 is 31.3 Å². The third-order valence-corrected chi connectivity index (χ3v) is 9.36. The summed E-state index contributed by atoms with van der Waals surface area (Å²) in [4.78, 5) is 48.9. The van der Waals surface area contributed by atoms with E-state index in [9.17, 15) is 19.5 Å². The second-order valence-corrected chi connectivity index (χ2v) is 13.2. The highest BCUT2D eigenvalue weighted by atomic mass is 79.9. The van der Waals surface area contributed by atoms with Crippen molar-refractivity contribution in [2.45, 2.75) is 44.2 Å². The molecular weight excluding hydrogens is 746 g/mol. The van der Waals surface area contributed by atoms with Crippen molar-refractivity contribution in [3.8, 4) is 11.5 Å². The van der Waals surface area contributed by atoms with Crippen LogP contribution >= 0.6 is 31.9 Å². The molecule has 1 aliphatic heterocycles. The number of phenols is 1. The van der Waals surface area contributed by atoms with Crippen molar-refractivity contribution in [1.82, 2.24) is 25.8 Å². The molecule has 6 N–H and O–H groups in total. The van der Waals surface area contributed by atoms with Gasteiger partial charge in [-0.3, -0.25) is 14.6 Å². The number of nitrogens with one attached hydrogen (secondary N) is 3. The Morgan fingerprint density at radius 2 is 1.67 bits per heavy atom. The maximum absolute atomic E-state index is 13.9. The molecule has 4 amide bonds. The lowest BCUT2D eigenvalue weighted by molar-refractivity contribution is -0.137. The van der Waals surface area contributed by atoms with Crippen molar-refractivity contribution in [1.29, 1.82) is 0 Å². The normalized spacial score (nSPS) is 14.2. The predicted molar refractivity (Wildman–Crippen MR) is 192 cm³/mol. The maximum Gasteiger partial charge on any atom is 0.315 e. The van der Waals surface area contributed by atoms with Gasteiger partial charge in [-0.1, -0.05) is 12.1 Å². The molecule has 3 aromatic rings. The Hall–Kier alpha value is -3.88. The van der Waals surface area contributed by atoms with Crippen LogP contribution in [0, 0.1) is 0 Å². The van der Waals surface area contributed by atoms with Crippen LogP contribution in [-0.2, 0) is 22.4 Å². The number of anilines is 1. The Bertz CT molecular complexity index is 1500. The van der Waals surface area contributed by atoms with E-state index in [-0.39, 0.29) is 18.1 Å². The Morgan fingerprint density at radius 1 is 0.958 bits per heavy atom. The number of amides is 4. The van der Waals surface area contributed by atoms with Gasteiger partial charge in [0.25, 0.3) is 0 Å². The summed E-state index contributed by atoms with van der Waals surface area (Å²) in [6.07, 6.45) is 5.95. The minimum absolute atomic E-state index is 0.0255. The molecule has 1 fully saturated rings. The number of benzene rings is 2. The van der Waals surface area contributed by atoms with Gasteiger partial charge in [0.1, 0.15) is 23.6 Å². The van der Waals surface area contributed by atoms with Crippen molar-refractivity contribution in [3.05, 3.63) is 81.0 Å². The standard InChI is InChI=1S/C34H43Br2N7O5/c1-48-26-6-4-5-23(19-26)8-14-39-34(47)41-30(22-24-20-27(35)31(44)28(36)21-24)32(45)40-29(7-2-3-11-37)33(46)43-17-15-42(16-18-43)25-9-12-38-13-10-25/h4-6,9-10,12-13,19-21,29-30,44H,2-3,7-8,11,14-18,22,37H2,1H3,(H,40,45)(H2,39,41,47)/t29-,30-/m0/s1. The number of piperazine rings is 1. The first kappa shape index (κ1) is 36.9. The van der Waals surface area contributed by atoms with E-state index in [1.54, 1.807) is 36.5 Å². The summed E-state index contributed by atoms with van der Waals surface area (Å²) in [5, 5.41) is 18.8. The number of hydrogen-bond acceptors (Lipinski definition) is 8. The van der Waals surface area contributed by atoms with E-state index in [1.165, 1.54) is 0 Å². The van der Waals surface area contributed by atoms with Crippen LogP contribution in [0.2, 0.25) is 0 Å². The van der Waals surface area contributed by atoms with Gasteiger partial charge in [-0.15, -0.1) is 0 Å². The number of aromatic nitrogens is 1. The van der Waals surface area contributed by atoms with Crippen LogP contribution in [0.4, 0.5) is 10.5 Å². The second kappa shape index (κ2) is 18.6. The first-order valence-electron chi connectivity index (χ1n) is 16.0. The van der Waals surface area contributed by atoms with Gasteiger partial charge in [0.15, 0.2) is 0 Å². The fraction of sp³-hybridized carbons (Fsp3) is 0.412. The van der Waals surface area contributed by atoms with Crippen LogP contribution in [0.1, 0.15) is 30.4 Å². The maximum atomic E-state index is 13.9. The van der Waals surface area contributed by atoms with Crippen molar-refractivity contribution in [2.75, 3.05) is 51.3 Å². The highest BCUT2D eigenvalue weighted by Gasteiger charge is 2.31. The Kier molecular flexibility index (Phi) is 14.3. The number of carbonyl (C=O) groups is 3. The zero-order valence-corrected chi connectivity index (χ0v) is 30.1. The van der Waals surface area contributed by atoms with Crippen LogP contribution in [0.15, 0.2) is 69.9 Å². The molecule has 0 aliphatic carbocycles. The largest absolute Gasteiger partial charge is 0.506 e. The number of urea groups is 1. The summed E-state index contributed by atoms with van der Waals surface area (Å²) >= 11 is 6.69. The highest BCUT2D eigenvalue weighted by Crippen LogP contribution is 2.33. The molecule has 2 atom stereocenters. The van der Waals surface area contributed by atoms with Gasteiger partial charge in [-0.2, -0.15) is 0 Å². The number of rotatable bonds is 15. The molecule has 2 aromatic carbocycles. The topological polar surface area (TPSA) is 162 Å². The molecule has 48 heavy (non-hydrogen) atoms. The summed E-state index contributed by atoms with van der Waals surface area (Å²) in [6.45, 7) is 3.14. The molecule has 4 rings (SSSR count). The second-order valence-electron chi connectivity index (χ2n) is 11.5. The highest BCUT2D eigenvalue weighted by molar-refractivity contribution is 9.11. The van der Waals surface area contributed by atoms with Gasteiger partial charge in [-0.25, -0.2) is 4.79 Å². The van der Waals surface area contributed by atoms with E-state index >= 15 is 0 Å². The van der Waals surface area contributed by atoms with Gasteiger partial charge < -0.3 is 41.3 Å². The molecule has 2 heterocycles. The van der Waals surface area contributed by atoms with Gasteiger partial charge in [0, 0.05) is 57.2 Å². The van der Waals surface area contributed by atoms with E-state index in [4.69, 9.17) is 10.5 Å². The third kappa shape index (κ3) is 10.8. The first-order chi connectivity index (χ1) is 23.2. The number of unbranched alkanes of at least 4 members (excludes halogenated alkanes) is 1. The van der Waals surface area contributed by atoms with Crippen LogP contribution in [0.3, 0.4) is 0 Å². The number of carbonyl (C=O) groups excluding carboxylic acids is 3. The van der Waals surface area contributed by atoms with Gasteiger partial charge in [0.05, 0.1) is 16.1 Å². The Morgan fingerprint density at radius 3 is 2.33 bits per heavy atom. The van der Waals surface area contributed by atoms with Crippen molar-refractivity contribution < 1.29 is 24.2 Å². The monoisotopic (exact) mass is 787 g/mol. The molecule has 0 saturated carbocycles. The van der Waals surface area contributed by atoms with Crippen molar-refractivity contribution >= 4 is 55.4 Å². The molecule has 1 aromatic heterocycles. The predicted octanol–water partition coefficient (Wildman–Crippen LogP) is 3.74. The average Bonchev–Trinajstić information content (AvgIpc) is 3.10. The number of methoxy groups -OCH3 is 1. The first-order valence-corrected chi connectivity index (χ1v) is 17.6. The number of ether oxygens (including phenoxy) is 1. The quantitative estimate of drug-likeness (QED) is 0.146. The lowest BCUT2D eigenvalue weighted by Gasteiger charge is -2.37. The van der Waals surface area contributed by atoms with Crippen LogP contribution in [0.5, 0.6) is 11.5 Å². The molecular formula is C34H43Br2N7O5. The SMILES string of the molecule is COc1cccc(CCNC(=O)N[C@@H](Cc2cc(Br)c(O)c(Br)c2)C(=O)N[C@@H](CCCCN)C(=O)N2CCN(c3ccncc3)CC2)c1. The number of nitrogens with zero attached hydrogens (tertiary/aromatic N) is 3.